The highest BCUT2D eigenvalue weighted by atomic mass is 16.6. The first-order valence-electron chi connectivity index (χ1n) is 8.69. The molecule has 2 amide bonds. The first kappa shape index (κ1) is 24.2. The van der Waals surface area contributed by atoms with Gasteiger partial charge >= 0.3 is 23.5 Å². The van der Waals surface area contributed by atoms with Crippen LogP contribution in [0.1, 0.15) is 40.5 Å². The lowest BCUT2D eigenvalue weighted by atomic mass is 9.95. The van der Waals surface area contributed by atoms with E-state index in [1.54, 1.807) is 13.8 Å². The first-order valence-corrected chi connectivity index (χ1v) is 8.69. The summed E-state index contributed by atoms with van der Waals surface area (Å²) in [6, 6.07) is -1.92. The van der Waals surface area contributed by atoms with Crippen LogP contribution in [0.5, 0.6) is 0 Å². The molecule has 0 aromatic heterocycles. The van der Waals surface area contributed by atoms with Gasteiger partial charge in [0.15, 0.2) is 4.98 Å². The number of rotatable bonds is 10. The average molecular weight is 385 g/mol. The summed E-state index contributed by atoms with van der Waals surface area (Å²) in [7, 11) is 2.31. The summed E-state index contributed by atoms with van der Waals surface area (Å²) in [6.45, 7) is 7.22. The molecule has 0 saturated carbocycles. The molecule has 27 heavy (non-hydrogen) atoms. The van der Waals surface area contributed by atoms with Gasteiger partial charge in [-0.2, -0.15) is 0 Å². The topological polar surface area (TPSA) is 142 Å². The molecule has 10 nitrogen and oxygen atoms in total. The standard InChI is InChI=1S/C17H28N4O6/c1-7-9(3)11(19-15(23)13(21-18)17(25)27-6)14(22)20-12(10(4)8-2)16(24)26-5/h9-12H,7-8H2,1-6H3,(H2-,19,20,22,23,25)/p+1/t9-,10-,11+,12+/m1/s1. The van der Waals surface area contributed by atoms with E-state index in [2.05, 4.69) is 20.3 Å². The molecule has 0 aromatic carbocycles. The van der Waals surface area contributed by atoms with Gasteiger partial charge in [0.05, 0.1) is 14.2 Å². The van der Waals surface area contributed by atoms with E-state index in [1.165, 1.54) is 7.11 Å². The van der Waals surface area contributed by atoms with Crippen molar-refractivity contribution in [1.82, 2.24) is 10.6 Å². The highest BCUT2D eigenvalue weighted by molar-refractivity contribution is 5.99. The molecular weight excluding hydrogens is 356 g/mol. The summed E-state index contributed by atoms with van der Waals surface area (Å²) in [4.78, 5) is 39.7. The van der Waals surface area contributed by atoms with Crippen molar-refractivity contribution in [3.05, 3.63) is 16.6 Å². The molecule has 152 valence electrons. The van der Waals surface area contributed by atoms with Crippen LogP contribution in [-0.4, -0.2) is 49.2 Å². The monoisotopic (exact) mass is 385 g/mol. The van der Waals surface area contributed by atoms with E-state index in [0.717, 1.165) is 7.11 Å². The van der Waals surface area contributed by atoms with Gasteiger partial charge in [0, 0.05) is 0 Å². The zero-order valence-corrected chi connectivity index (χ0v) is 16.6. The molecule has 0 aliphatic carbocycles. The molecule has 0 radical (unpaired) electrons. The fourth-order valence-electron chi connectivity index (χ4n) is 2.23. The van der Waals surface area contributed by atoms with E-state index in [9.17, 15) is 19.5 Å². The van der Waals surface area contributed by atoms with E-state index >= 15 is 0 Å². The number of aliphatic hydroxyl groups is 1. The molecule has 0 aliphatic rings. The minimum atomic E-state index is -1.04. The highest BCUT2D eigenvalue weighted by Crippen LogP contribution is 2.14. The number of aliphatic hydroxyl groups excluding tert-OH is 1. The predicted octanol–water partition coefficient (Wildman–Crippen LogP) is 1.45. The van der Waals surface area contributed by atoms with Gasteiger partial charge in [-0.25, -0.2) is 4.79 Å². The number of carbonyl (C=O) groups excluding carboxylic acids is 3. The number of methoxy groups -OCH3 is 2. The summed E-state index contributed by atoms with van der Waals surface area (Å²) in [5.74, 6) is -3.58. The van der Waals surface area contributed by atoms with Crippen LogP contribution in [0.2, 0.25) is 0 Å². The number of esters is 1. The van der Waals surface area contributed by atoms with Gasteiger partial charge in [-0.3, -0.25) is 9.59 Å². The number of carbonyl (C=O) groups is 3. The van der Waals surface area contributed by atoms with E-state index < -0.39 is 41.5 Å². The molecule has 10 heteroatoms. The second kappa shape index (κ2) is 11.7. The number of amides is 2. The Labute approximate surface area is 158 Å². The van der Waals surface area contributed by atoms with Crippen molar-refractivity contribution >= 4 is 17.8 Å². The SMILES string of the molecule is CC[C@@H](C)[C@H](NC(=O)/C([N+]#N)=C(/O)OC)C(=O)N[C@H](C(=O)OC)[C@H](C)CC. The fourth-order valence-corrected chi connectivity index (χ4v) is 2.23. The molecule has 0 aliphatic heterocycles. The largest absolute Gasteiger partial charge is 0.527 e. The molecule has 0 unspecified atom stereocenters. The Morgan fingerprint density at radius 1 is 1.00 bits per heavy atom. The van der Waals surface area contributed by atoms with E-state index in [0.29, 0.717) is 12.8 Å². The van der Waals surface area contributed by atoms with Gasteiger partial charge in [0.25, 0.3) is 0 Å². The van der Waals surface area contributed by atoms with Gasteiger partial charge in [-0.05, 0) is 11.8 Å². The first-order chi connectivity index (χ1) is 12.7. The van der Waals surface area contributed by atoms with Gasteiger partial charge in [0.2, 0.25) is 11.3 Å². The van der Waals surface area contributed by atoms with Crippen molar-refractivity contribution < 1.29 is 29.0 Å². The maximum Gasteiger partial charge on any atom is 0.527 e. The smallest absolute Gasteiger partial charge is 0.475 e. The minimum Gasteiger partial charge on any atom is -0.475 e. The van der Waals surface area contributed by atoms with Crippen LogP contribution in [0.25, 0.3) is 4.98 Å². The fraction of sp³-hybridized carbons (Fsp3) is 0.706. The minimum absolute atomic E-state index is 0.185. The Morgan fingerprint density at radius 2 is 1.52 bits per heavy atom. The van der Waals surface area contributed by atoms with Crippen molar-refractivity contribution in [2.45, 2.75) is 52.6 Å². The maximum absolute atomic E-state index is 12.7. The van der Waals surface area contributed by atoms with Crippen molar-refractivity contribution in [2.75, 3.05) is 14.2 Å². The number of nitrogens with one attached hydrogen (secondary N) is 2. The highest BCUT2D eigenvalue weighted by Gasteiger charge is 2.37. The molecular formula is C17H29N4O6+. The third-order valence-corrected chi connectivity index (χ3v) is 4.46. The lowest BCUT2D eigenvalue weighted by Gasteiger charge is -2.27. The Hall–Kier alpha value is -2.83. The molecule has 0 rings (SSSR count). The van der Waals surface area contributed by atoms with Crippen LogP contribution in [-0.2, 0) is 23.9 Å². The molecule has 0 spiro atoms. The predicted molar refractivity (Wildman–Crippen MR) is 96.5 cm³/mol. The summed E-state index contributed by atoms with van der Waals surface area (Å²) in [5.41, 5.74) is -0.773. The molecule has 0 bridgehead atoms. The summed E-state index contributed by atoms with van der Waals surface area (Å²) < 4.78 is 9.21. The number of hydrogen-bond donors (Lipinski definition) is 3. The Bertz CT molecular complexity index is 613. The Morgan fingerprint density at radius 3 is 1.93 bits per heavy atom. The second-order valence-corrected chi connectivity index (χ2v) is 6.19. The molecule has 0 heterocycles. The molecule has 4 atom stereocenters. The van der Waals surface area contributed by atoms with E-state index in [1.807, 2.05) is 13.8 Å². The van der Waals surface area contributed by atoms with Crippen LogP contribution in [0.4, 0.5) is 0 Å². The molecule has 0 fully saturated rings. The normalized spacial score (nSPS) is 15.9. The number of diazo groups is 1. The van der Waals surface area contributed by atoms with Crippen molar-refractivity contribution in [1.29, 1.82) is 5.39 Å². The summed E-state index contributed by atoms with van der Waals surface area (Å²) in [6.07, 6.45) is 1.16. The van der Waals surface area contributed by atoms with Gasteiger partial charge in [-0.1, -0.05) is 40.5 Å². The summed E-state index contributed by atoms with van der Waals surface area (Å²) >= 11 is 0. The van der Waals surface area contributed by atoms with Crippen LogP contribution in [0.3, 0.4) is 0 Å². The third kappa shape index (κ3) is 6.77. The van der Waals surface area contributed by atoms with Crippen molar-refractivity contribution in [3.8, 4) is 0 Å². The lowest BCUT2D eigenvalue weighted by Crippen LogP contribution is -2.55. The number of ether oxygens (including phenoxy) is 2. The van der Waals surface area contributed by atoms with Crippen LogP contribution >= 0.6 is 0 Å². The number of nitrogens with zero attached hydrogens (tertiary/aromatic N) is 2. The van der Waals surface area contributed by atoms with Gasteiger partial charge in [0.1, 0.15) is 12.1 Å². The number of hydrogen-bond acceptors (Lipinski definition) is 7. The molecule has 0 saturated heterocycles. The second-order valence-electron chi connectivity index (χ2n) is 6.19. The van der Waals surface area contributed by atoms with E-state index in [-0.39, 0.29) is 11.8 Å². The third-order valence-electron chi connectivity index (χ3n) is 4.46. The maximum atomic E-state index is 12.7. The van der Waals surface area contributed by atoms with Crippen LogP contribution < -0.4 is 10.6 Å². The Balaban J connectivity index is 5.58. The van der Waals surface area contributed by atoms with Crippen molar-refractivity contribution in [3.63, 3.8) is 0 Å². The van der Waals surface area contributed by atoms with Gasteiger partial charge < -0.3 is 25.2 Å². The van der Waals surface area contributed by atoms with Crippen LogP contribution in [0, 0.1) is 17.2 Å². The Kier molecular flexibility index (Phi) is 10.5. The zero-order chi connectivity index (χ0) is 21.1. The average Bonchev–Trinajstić information content (AvgIpc) is 2.68. The molecule has 0 aromatic rings. The van der Waals surface area contributed by atoms with E-state index in [4.69, 9.17) is 10.1 Å². The van der Waals surface area contributed by atoms with Crippen molar-refractivity contribution in [2.24, 2.45) is 11.8 Å². The zero-order valence-electron chi connectivity index (χ0n) is 16.6. The summed E-state index contributed by atoms with van der Waals surface area (Å²) in [5, 5.41) is 23.4. The molecule has 3 N–H and O–H groups in total. The lowest BCUT2D eigenvalue weighted by molar-refractivity contribution is -0.147. The van der Waals surface area contributed by atoms with Crippen LogP contribution in [0.15, 0.2) is 11.6 Å². The quantitative estimate of drug-likeness (QED) is 0.223. The van der Waals surface area contributed by atoms with Gasteiger partial charge in [-0.15, -0.1) is 0 Å².